The van der Waals surface area contributed by atoms with Crippen LogP contribution >= 0.6 is 0 Å². The lowest BCUT2D eigenvalue weighted by Gasteiger charge is -2.34. The van der Waals surface area contributed by atoms with Gasteiger partial charge in [0.15, 0.2) is 5.82 Å². The zero-order valence-corrected chi connectivity index (χ0v) is 20.2. The number of aryl methyl sites for hydroxylation is 1. The first kappa shape index (κ1) is 23.1. The van der Waals surface area contributed by atoms with Gasteiger partial charge in [-0.25, -0.2) is 4.98 Å². The van der Waals surface area contributed by atoms with Crippen molar-refractivity contribution in [3.8, 4) is 11.5 Å². The monoisotopic (exact) mass is 475 g/mol. The molecule has 3 aromatic rings. The molecule has 2 aliphatic rings. The number of fused-ring (bicyclic) bond motifs is 2. The van der Waals surface area contributed by atoms with Gasteiger partial charge in [0.25, 0.3) is 5.91 Å². The second-order valence-electron chi connectivity index (χ2n) is 9.92. The summed E-state index contributed by atoms with van der Waals surface area (Å²) in [6.45, 7) is 6.31. The fraction of sp³-hybridized carbons (Fsp3) is 0.440. The predicted octanol–water partition coefficient (Wildman–Crippen LogP) is 2.40. The van der Waals surface area contributed by atoms with Gasteiger partial charge in [-0.15, -0.1) is 10.2 Å². The Bertz CT molecular complexity index is 1300. The van der Waals surface area contributed by atoms with Crippen molar-refractivity contribution in [3.05, 3.63) is 53.1 Å². The number of pyridine rings is 2. The summed E-state index contributed by atoms with van der Waals surface area (Å²) >= 11 is 0. The van der Waals surface area contributed by atoms with Gasteiger partial charge in [0.2, 0.25) is 5.91 Å². The van der Waals surface area contributed by atoms with Gasteiger partial charge < -0.3 is 19.9 Å². The van der Waals surface area contributed by atoms with Crippen LogP contribution < -0.4 is 5.32 Å². The number of aliphatic hydroxyl groups is 1. The third-order valence-corrected chi connectivity index (χ3v) is 6.80. The largest absolute Gasteiger partial charge is 0.395 e. The van der Waals surface area contributed by atoms with Crippen LogP contribution in [0.1, 0.15) is 60.7 Å². The standard InChI is InChI=1S/C25H29N7O3/c1-15-7-8-21-29-30-22(32(15)21)18-5-4-6-20(27-18)28-23(34)19-11-17-13-31(10-9-16(17)12-26-19)24(35)25(2,3)14-33/h4-6,11-12,15,33H,7-10,13-14H2,1-3H3,(H,27,28,34)/t15-/m1/s1. The van der Waals surface area contributed by atoms with Crippen LogP contribution in [0.3, 0.4) is 0 Å². The smallest absolute Gasteiger partial charge is 0.275 e. The number of aliphatic hydroxyl groups excluding tert-OH is 1. The molecule has 35 heavy (non-hydrogen) atoms. The number of carbonyl (C=O) groups is 2. The second kappa shape index (κ2) is 8.84. The van der Waals surface area contributed by atoms with Crippen molar-refractivity contribution in [2.75, 3.05) is 18.5 Å². The molecule has 0 radical (unpaired) electrons. The van der Waals surface area contributed by atoms with Crippen molar-refractivity contribution in [1.29, 1.82) is 0 Å². The Morgan fingerprint density at radius 1 is 1.20 bits per heavy atom. The lowest BCUT2D eigenvalue weighted by atomic mass is 9.91. The quantitative estimate of drug-likeness (QED) is 0.580. The minimum absolute atomic E-state index is 0.108. The molecular weight excluding hydrogens is 446 g/mol. The van der Waals surface area contributed by atoms with Gasteiger partial charge in [-0.2, -0.15) is 0 Å². The maximum absolute atomic E-state index is 13.0. The number of aromatic nitrogens is 5. The van der Waals surface area contributed by atoms with E-state index in [-0.39, 0.29) is 24.1 Å². The van der Waals surface area contributed by atoms with E-state index in [0.29, 0.717) is 42.9 Å². The van der Waals surface area contributed by atoms with E-state index in [0.717, 1.165) is 29.8 Å². The Morgan fingerprint density at radius 3 is 2.83 bits per heavy atom. The van der Waals surface area contributed by atoms with Crippen LogP contribution in [0.25, 0.3) is 11.5 Å². The van der Waals surface area contributed by atoms with E-state index in [1.54, 1.807) is 37.1 Å². The molecule has 2 aliphatic heterocycles. The molecule has 0 bridgehead atoms. The Morgan fingerprint density at radius 2 is 2.03 bits per heavy atom. The zero-order chi connectivity index (χ0) is 24.7. The average Bonchev–Trinajstić information content (AvgIpc) is 3.46. The molecule has 10 nitrogen and oxygen atoms in total. The molecule has 10 heteroatoms. The molecule has 1 atom stereocenters. The SMILES string of the molecule is C[C@@H]1CCc2nnc(-c3cccc(NC(=O)c4cc5c(cn4)CCN(C(=O)C(C)(C)CO)C5)n3)n21. The van der Waals surface area contributed by atoms with Gasteiger partial charge in [0, 0.05) is 31.7 Å². The van der Waals surface area contributed by atoms with E-state index >= 15 is 0 Å². The van der Waals surface area contributed by atoms with E-state index in [4.69, 9.17) is 0 Å². The Balaban J connectivity index is 1.33. The van der Waals surface area contributed by atoms with Crippen LogP contribution in [0.2, 0.25) is 0 Å². The number of carbonyl (C=O) groups excluding carboxylic acids is 2. The lowest BCUT2D eigenvalue weighted by molar-refractivity contribution is -0.143. The van der Waals surface area contributed by atoms with E-state index in [1.807, 2.05) is 12.1 Å². The van der Waals surface area contributed by atoms with Crippen LogP contribution in [-0.2, 0) is 24.2 Å². The summed E-state index contributed by atoms with van der Waals surface area (Å²) < 4.78 is 2.10. The normalized spacial score (nSPS) is 17.1. The highest BCUT2D eigenvalue weighted by Crippen LogP contribution is 2.30. The number of hydrogen-bond donors (Lipinski definition) is 2. The fourth-order valence-corrected chi connectivity index (χ4v) is 4.64. The molecule has 2 amide bonds. The van der Waals surface area contributed by atoms with Crippen molar-refractivity contribution in [2.24, 2.45) is 5.41 Å². The van der Waals surface area contributed by atoms with Crippen LogP contribution in [0.15, 0.2) is 30.5 Å². The number of nitrogens with zero attached hydrogens (tertiary/aromatic N) is 6. The van der Waals surface area contributed by atoms with Crippen LogP contribution in [0.4, 0.5) is 5.82 Å². The van der Waals surface area contributed by atoms with Gasteiger partial charge in [-0.05, 0) is 62.9 Å². The van der Waals surface area contributed by atoms with Gasteiger partial charge in [-0.3, -0.25) is 14.6 Å². The third-order valence-electron chi connectivity index (χ3n) is 6.80. The lowest BCUT2D eigenvalue weighted by Crippen LogP contribution is -2.45. The van der Waals surface area contributed by atoms with Gasteiger partial charge >= 0.3 is 0 Å². The third kappa shape index (κ3) is 4.29. The van der Waals surface area contributed by atoms with E-state index < -0.39 is 5.41 Å². The topological polar surface area (TPSA) is 126 Å². The molecule has 0 saturated heterocycles. The highest BCUT2D eigenvalue weighted by atomic mass is 16.3. The molecule has 5 rings (SSSR count). The molecule has 0 fully saturated rings. The maximum Gasteiger partial charge on any atom is 0.275 e. The van der Waals surface area contributed by atoms with E-state index in [2.05, 4.69) is 37.0 Å². The highest BCUT2D eigenvalue weighted by molar-refractivity contribution is 6.02. The Labute approximate surface area is 203 Å². The van der Waals surface area contributed by atoms with Gasteiger partial charge in [0.05, 0.1) is 12.0 Å². The summed E-state index contributed by atoms with van der Waals surface area (Å²) in [5.41, 5.74) is 1.96. The summed E-state index contributed by atoms with van der Waals surface area (Å²) in [6, 6.07) is 7.44. The minimum atomic E-state index is -0.844. The second-order valence-corrected chi connectivity index (χ2v) is 9.92. The molecule has 182 valence electrons. The summed E-state index contributed by atoms with van der Waals surface area (Å²) in [5, 5.41) is 21.0. The molecule has 2 N–H and O–H groups in total. The van der Waals surface area contributed by atoms with Crippen LogP contribution in [0.5, 0.6) is 0 Å². The number of amides is 2. The minimum Gasteiger partial charge on any atom is -0.395 e. The van der Waals surface area contributed by atoms with Crippen LogP contribution in [0, 0.1) is 5.41 Å². The summed E-state index contributed by atoms with van der Waals surface area (Å²) in [6.07, 6.45) is 4.28. The summed E-state index contributed by atoms with van der Waals surface area (Å²) in [7, 11) is 0. The first-order chi connectivity index (χ1) is 16.8. The molecule has 0 spiro atoms. The summed E-state index contributed by atoms with van der Waals surface area (Å²) in [5.74, 6) is 1.57. The van der Waals surface area contributed by atoms with Crippen molar-refractivity contribution in [3.63, 3.8) is 0 Å². The number of hydrogen-bond acceptors (Lipinski definition) is 7. The molecule has 3 aromatic heterocycles. The maximum atomic E-state index is 13.0. The average molecular weight is 476 g/mol. The molecular formula is C25H29N7O3. The first-order valence-corrected chi connectivity index (χ1v) is 11.9. The zero-order valence-electron chi connectivity index (χ0n) is 20.2. The predicted molar refractivity (Wildman–Crippen MR) is 128 cm³/mol. The van der Waals surface area contributed by atoms with Crippen molar-refractivity contribution >= 4 is 17.6 Å². The molecule has 0 aromatic carbocycles. The Hall–Kier alpha value is -3.66. The van der Waals surface area contributed by atoms with Crippen molar-refractivity contribution < 1.29 is 14.7 Å². The van der Waals surface area contributed by atoms with Gasteiger partial charge in [0.1, 0.15) is 23.0 Å². The van der Waals surface area contributed by atoms with Gasteiger partial charge in [-0.1, -0.05) is 6.07 Å². The molecule has 0 aliphatic carbocycles. The van der Waals surface area contributed by atoms with E-state index in [1.165, 1.54) is 0 Å². The van der Waals surface area contributed by atoms with Crippen molar-refractivity contribution in [1.82, 2.24) is 29.6 Å². The molecule has 0 saturated carbocycles. The molecule has 5 heterocycles. The first-order valence-electron chi connectivity index (χ1n) is 11.9. The fourth-order valence-electron chi connectivity index (χ4n) is 4.64. The number of rotatable bonds is 5. The van der Waals surface area contributed by atoms with Crippen LogP contribution in [-0.4, -0.2) is 59.7 Å². The molecule has 0 unspecified atom stereocenters. The number of anilines is 1. The van der Waals surface area contributed by atoms with E-state index in [9.17, 15) is 14.7 Å². The number of nitrogens with one attached hydrogen (secondary N) is 1. The summed E-state index contributed by atoms with van der Waals surface area (Å²) in [4.78, 5) is 36.5. The highest BCUT2D eigenvalue weighted by Gasteiger charge is 2.33. The Kier molecular flexibility index (Phi) is 5.84. The van der Waals surface area contributed by atoms with Crippen molar-refractivity contribution in [2.45, 2.75) is 52.6 Å².